The van der Waals surface area contributed by atoms with E-state index in [4.69, 9.17) is 11.5 Å². The third kappa shape index (κ3) is 3.61. The van der Waals surface area contributed by atoms with E-state index in [0.717, 1.165) is 25.7 Å². The molecule has 6 N–H and O–H groups in total. The van der Waals surface area contributed by atoms with Crippen LogP contribution in [0.5, 0.6) is 0 Å². The molecule has 0 bridgehead atoms. The van der Waals surface area contributed by atoms with Crippen molar-refractivity contribution >= 4 is 28.2 Å². The van der Waals surface area contributed by atoms with Crippen LogP contribution in [0.25, 0.3) is 0 Å². The monoisotopic (exact) mass is 297 g/mol. The molecule has 1 amide bonds. The molecule has 1 aromatic heterocycles. The molecule has 2 unspecified atom stereocenters. The molecule has 2 atom stereocenters. The Morgan fingerprint density at radius 2 is 2.10 bits per heavy atom. The van der Waals surface area contributed by atoms with E-state index in [1.165, 1.54) is 11.3 Å². The van der Waals surface area contributed by atoms with Crippen molar-refractivity contribution in [2.75, 3.05) is 11.1 Å². The van der Waals surface area contributed by atoms with Crippen molar-refractivity contribution in [1.82, 2.24) is 10.3 Å². The maximum absolute atomic E-state index is 12.3. The van der Waals surface area contributed by atoms with Crippen LogP contribution in [-0.4, -0.2) is 29.0 Å². The van der Waals surface area contributed by atoms with Crippen molar-refractivity contribution in [3.8, 4) is 0 Å². The Balaban J connectivity index is 2.03. The Kier molecular flexibility index (Phi) is 4.82. The van der Waals surface area contributed by atoms with Crippen molar-refractivity contribution in [3.05, 3.63) is 4.88 Å². The van der Waals surface area contributed by atoms with E-state index in [0.29, 0.717) is 10.0 Å². The zero-order chi connectivity index (χ0) is 14.7. The van der Waals surface area contributed by atoms with E-state index >= 15 is 0 Å². The number of rotatable bonds is 4. The largest absolute Gasteiger partial charge is 0.382 e. The van der Waals surface area contributed by atoms with Crippen LogP contribution in [0.4, 0.5) is 10.9 Å². The minimum Gasteiger partial charge on any atom is -0.382 e. The summed E-state index contributed by atoms with van der Waals surface area (Å²) in [7, 11) is 0. The summed E-state index contributed by atoms with van der Waals surface area (Å²) in [6.45, 7) is 4.02. The fraction of sp³-hybridized carbons (Fsp3) is 0.692. The zero-order valence-corrected chi connectivity index (χ0v) is 12.8. The van der Waals surface area contributed by atoms with Gasteiger partial charge in [-0.1, -0.05) is 24.2 Å². The summed E-state index contributed by atoms with van der Waals surface area (Å²) in [6, 6.07) is 0.331. The van der Waals surface area contributed by atoms with Crippen LogP contribution in [0.1, 0.15) is 49.2 Å². The zero-order valence-electron chi connectivity index (χ0n) is 12.0. The van der Waals surface area contributed by atoms with Gasteiger partial charge in [0.25, 0.3) is 5.91 Å². The van der Waals surface area contributed by atoms with Crippen molar-refractivity contribution in [2.24, 2.45) is 5.73 Å². The van der Waals surface area contributed by atoms with Gasteiger partial charge in [0.15, 0.2) is 5.13 Å². The maximum Gasteiger partial charge on any atom is 0.265 e. The molecule has 7 heteroatoms. The topological polar surface area (TPSA) is 106 Å². The van der Waals surface area contributed by atoms with Gasteiger partial charge in [-0.05, 0) is 26.7 Å². The van der Waals surface area contributed by atoms with Crippen LogP contribution < -0.4 is 22.1 Å². The summed E-state index contributed by atoms with van der Waals surface area (Å²) in [6.07, 6.45) is 4.14. The molecule has 0 aliphatic heterocycles. The molecule has 0 saturated heterocycles. The van der Waals surface area contributed by atoms with Crippen molar-refractivity contribution in [2.45, 2.75) is 57.7 Å². The molecular formula is C13H23N5OS. The number of aromatic nitrogens is 1. The van der Waals surface area contributed by atoms with E-state index in [1.54, 1.807) is 0 Å². The van der Waals surface area contributed by atoms with Gasteiger partial charge in [-0.2, -0.15) is 0 Å². The molecule has 1 saturated carbocycles. The first kappa shape index (κ1) is 15.1. The molecule has 1 aliphatic carbocycles. The number of thiazole rings is 1. The molecule has 1 aliphatic rings. The number of hydrogen-bond acceptors (Lipinski definition) is 6. The van der Waals surface area contributed by atoms with Crippen molar-refractivity contribution < 1.29 is 4.79 Å². The molecule has 0 aromatic carbocycles. The highest BCUT2D eigenvalue weighted by molar-refractivity contribution is 7.18. The van der Waals surface area contributed by atoms with Gasteiger partial charge in [0.2, 0.25) is 0 Å². The second-order valence-electron chi connectivity index (χ2n) is 5.56. The average molecular weight is 297 g/mol. The summed E-state index contributed by atoms with van der Waals surface area (Å²) in [5, 5.41) is 6.82. The first-order chi connectivity index (χ1) is 9.47. The Morgan fingerprint density at radius 1 is 1.40 bits per heavy atom. The number of anilines is 2. The highest BCUT2D eigenvalue weighted by Gasteiger charge is 2.25. The Morgan fingerprint density at radius 3 is 2.75 bits per heavy atom. The van der Waals surface area contributed by atoms with Gasteiger partial charge in [0, 0.05) is 18.1 Å². The molecule has 1 aromatic rings. The lowest BCUT2D eigenvalue weighted by molar-refractivity contribution is 0.0926. The van der Waals surface area contributed by atoms with Gasteiger partial charge in [-0.3, -0.25) is 4.79 Å². The number of carbonyl (C=O) groups excluding carboxylic acids is 1. The number of nitrogen functional groups attached to an aromatic ring is 1. The highest BCUT2D eigenvalue weighted by Crippen LogP contribution is 2.26. The minimum atomic E-state index is -0.167. The Bertz CT molecular complexity index is 473. The summed E-state index contributed by atoms with van der Waals surface area (Å²) < 4.78 is 0. The van der Waals surface area contributed by atoms with Crippen LogP contribution in [0.2, 0.25) is 0 Å². The molecule has 0 radical (unpaired) electrons. The van der Waals surface area contributed by atoms with Gasteiger partial charge in [0.05, 0.1) is 0 Å². The van der Waals surface area contributed by atoms with E-state index in [9.17, 15) is 4.79 Å². The molecule has 1 fully saturated rings. The van der Waals surface area contributed by atoms with Gasteiger partial charge in [0.1, 0.15) is 10.7 Å². The molecule has 2 rings (SSSR count). The summed E-state index contributed by atoms with van der Waals surface area (Å²) in [4.78, 5) is 16.9. The molecule has 1 heterocycles. The third-order valence-corrected chi connectivity index (χ3v) is 4.41. The standard InChI is InChI=1S/C13H23N5OS/c1-7(2)16-13-18-11(15)10(20-13)12(19)17-9-6-4-3-5-8(9)14/h7-9H,3-6,14-15H2,1-2H3,(H,16,18)(H,17,19). The van der Waals surface area contributed by atoms with Gasteiger partial charge in [-0.25, -0.2) is 4.98 Å². The quantitative estimate of drug-likeness (QED) is 0.674. The number of hydrogen-bond donors (Lipinski definition) is 4. The fourth-order valence-electron chi connectivity index (χ4n) is 2.38. The number of nitrogens with zero attached hydrogens (tertiary/aromatic N) is 1. The van der Waals surface area contributed by atoms with Crippen LogP contribution in [0.3, 0.4) is 0 Å². The lowest BCUT2D eigenvalue weighted by atomic mass is 9.91. The predicted molar refractivity (Wildman–Crippen MR) is 83.0 cm³/mol. The van der Waals surface area contributed by atoms with E-state index in [2.05, 4.69) is 15.6 Å². The van der Waals surface area contributed by atoms with Crippen LogP contribution in [0.15, 0.2) is 0 Å². The number of amides is 1. The molecule has 20 heavy (non-hydrogen) atoms. The second-order valence-corrected chi connectivity index (χ2v) is 6.56. The van der Waals surface area contributed by atoms with Crippen LogP contribution in [0, 0.1) is 0 Å². The summed E-state index contributed by atoms with van der Waals surface area (Å²) >= 11 is 1.29. The normalized spacial score (nSPS) is 22.8. The molecular weight excluding hydrogens is 274 g/mol. The Hall–Kier alpha value is -1.34. The average Bonchev–Trinajstić information content (AvgIpc) is 2.72. The van der Waals surface area contributed by atoms with E-state index in [1.807, 2.05) is 13.8 Å². The van der Waals surface area contributed by atoms with Gasteiger partial charge >= 0.3 is 0 Å². The first-order valence-corrected chi connectivity index (χ1v) is 7.88. The van der Waals surface area contributed by atoms with Crippen molar-refractivity contribution in [3.63, 3.8) is 0 Å². The molecule has 112 valence electrons. The highest BCUT2D eigenvalue weighted by atomic mass is 32.1. The summed E-state index contributed by atoms with van der Waals surface area (Å²) in [5.41, 5.74) is 11.9. The fourth-order valence-corrected chi connectivity index (χ4v) is 3.31. The molecule has 0 spiro atoms. The number of carbonyl (C=O) groups is 1. The van der Waals surface area contributed by atoms with Crippen LogP contribution in [-0.2, 0) is 0 Å². The van der Waals surface area contributed by atoms with E-state index in [-0.39, 0.29) is 29.9 Å². The van der Waals surface area contributed by atoms with Gasteiger partial charge in [-0.15, -0.1) is 0 Å². The lowest BCUT2D eigenvalue weighted by Crippen LogP contribution is -2.49. The smallest absolute Gasteiger partial charge is 0.265 e. The van der Waals surface area contributed by atoms with Crippen LogP contribution >= 0.6 is 11.3 Å². The lowest BCUT2D eigenvalue weighted by Gasteiger charge is -2.29. The molecule has 6 nitrogen and oxygen atoms in total. The minimum absolute atomic E-state index is 0.0371. The second kappa shape index (κ2) is 6.41. The summed E-state index contributed by atoms with van der Waals surface area (Å²) in [5.74, 6) is 0.110. The number of nitrogens with one attached hydrogen (secondary N) is 2. The Labute approximate surface area is 123 Å². The third-order valence-electron chi connectivity index (χ3n) is 3.41. The first-order valence-electron chi connectivity index (χ1n) is 7.06. The SMILES string of the molecule is CC(C)Nc1nc(N)c(C(=O)NC2CCCCC2N)s1. The predicted octanol–water partition coefficient (Wildman–Crippen LogP) is 1.55. The maximum atomic E-state index is 12.3. The van der Waals surface area contributed by atoms with E-state index < -0.39 is 0 Å². The van der Waals surface area contributed by atoms with Gasteiger partial charge < -0.3 is 22.1 Å². The number of nitrogens with two attached hydrogens (primary N) is 2. The van der Waals surface area contributed by atoms with Crippen molar-refractivity contribution in [1.29, 1.82) is 0 Å².